The Balaban J connectivity index is 3.20. The number of Topliss-reactive ketones (excluding diaryl/α,β-unsaturated/α-hetero) is 2. The lowest BCUT2D eigenvalue weighted by Crippen LogP contribution is -2.07. The fourth-order valence-corrected chi connectivity index (χ4v) is 2.74. The van der Waals surface area contributed by atoms with Crippen molar-refractivity contribution < 1.29 is 14.7 Å². The van der Waals surface area contributed by atoms with E-state index in [0.717, 1.165) is 5.56 Å². The molecule has 0 spiro atoms. The summed E-state index contributed by atoms with van der Waals surface area (Å²) in [6, 6.07) is 0. The standard InChI is InChI=1S/C11H15NO3S/c1-6-9(7(2)14)11(12-4-5-13)16-10(6)8(3)15/h12-13H,4-5H2,1-3H3. The van der Waals surface area contributed by atoms with Crippen molar-refractivity contribution in [1.29, 1.82) is 0 Å². The van der Waals surface area contributed by atoms with Crippen molar-refractivity contribution in [3.05, 3.63) is 16.0 Å². The van der Waals surface area contributed by atoms with Gasteiger partial charge in [0.05, 0.1) is 17.0 Å². The molecule has 0 fully saturated rings. The Bertz CT molecular complexity index is 423. The summed E-state index contributed by atoms with van der Waals surface area (Å²) < 4.78 is 0. The first kappa shape index (κ1) is 12.9. The second kappa shape index (κ2) is 5.23. The molecule has 4 nitrogen and oxygen atoms in total. The molecule has 0 saturated heterocycles. The van der Waals surface area contributed by atoms with Gasteiger partial charge >= 0.3 is 0 Å². The third-order valence-corrected chi connectivity index (χ3v) is 3.57. The third kappa shape index (κ3) is 2.48. The maximum Gasteiger partial charge on any atom is 0.170 e. The zero-order chi connectivity index (χ0) is 12.3. The topological polar surface area (TPSA) is 66.4 Å². The molecular weight excluding hydrogens is 226 g/mol. The predicted molar refractivity (Wildman–Crippen MR) is 64.6 cm³/mol. The molecule has 0 unspecified atom stereocenters. The maximum absolute atomic E-state index is 11.5. The smallest absolute Gasteiger partial charge is 0.170 e. The molecule has 1 aromatic heterocycles. The molecule has 0 aliphatic heterocycles. The number of aliphatic hydroxyl groups excluding tert-OH is 1. The average molecular weight is 241 g/mol. The summed E-state index contributed by atoms with van der Waals surface area (Å²) >= 11 is 1.27. The number of hydrogen-bond acceptors (Lipinski definition) is 5. The quantitative estimate of drug-likeness (QED) is 0.772. The van der Waals surface area contributed by atoms with Crippen LogP contribution in [0.25, 0.3) is 0 Å². The molecule has 0 atom stereocenters. The van der Waals surface area contributed by atoms with Crippen LogP contribution in [0.3, 0.4) is 0 Å². The van der Waals surface area contributed by atoms with Gasteiger partial charge in [0.25, 0.3) is 0 Å². The number of carbonyl (C=O) groups is 2. The molecule has 0 aliphatic carbocycles. The Morgan fingerprint density at radius 3 is 2.38 bits per heavy atom. The van der Waals surface area contributed by atoms with Crippen molar-refractivity contribution in [2.75, 3.05) is 18.5 Å². The number of carbonyl (C=O) groups excluding carboxylic acids is 2. The van der Waals surface area contributed by atoms with Gasteiger partial charge in [-0.2, -0.15) is 0 Å². The van der Waals surface area contributed by atoms with Gasteiger partial charge in [0.1, 0.15) is 5.00 Å². The molecule has 0 aliphatic rings. The van der Waals surface area contributed by atoms with Crippen molar-refractivity contribution in [2.24, 2.45) is 0 Å². The van der Waals surface area contributed by atoms with Crippen LogP contribution in [0.4, 0.5) is 5.00 Å². The molecule has 1 aromatic rings. The van der Waals surface area contributed by atoms with Crippen molar-refractivity contribution in [3.63, 3.8) is 0 Å². The number of hydrogen-bond donors (Lipinski definition) is 2. The van der Waals surface area contributed by atoms with Gasteiger partial charge < -0.3 is 10.4 Å². The summed E-state index contributed by atoms with van der Waals surface area (Å²) in [6.45, 7) is 5.09. The first-order valence-electron chi connectivity index (χ1n) is 4.99. The summed E-state index contributed by atoms with van der Waals surface area (Å²) in [7, 11) is 0. The monoisotopic (exact) mass is 241 g/mol. The highest BCUT2D eigenvalue weighted by molar-refractivity contribution is 7.18. The second-order valence-corrected chi connectivity index (χ2v) is 4.54. The number of rotatable bonds is 5. The van der Waals surface area contributed by atoms with Gasteiger partial charge in [0.2, 0.25) is 0 Å². The normalized spacial score (nSPS) is 10.2. The summed E-state index contributed by atoms with van der Waals surface area (Å²) in [4.78, 5) is 23.4. The molecule has 0 radical (unpaired) electrons. The Labute approximate surface area is 98.3 Å². The first-order valence-corrected chi connectivity index (χ1v) is 5.80. The second-order valence-electron chi connectivity index (χ2n) is 3.52. The van der Waals surface area contributed by atoms with Crippen LogP contribution in [0.2, 0.25) is 0 Å². The Morgan fingerprint density at radius 2 is 1.94 bits per heavy atom. The van der Waals surface area contributed by atoms with Crippen LogP contribution in [0.15, 0.2) is 0 Å². The molecule has 5 heteroatoms. The van der Waals surface area contributed by atoms with Gasteiger partial charge in [-0.25, -0.2) is 0 Å². The number of ketones is 2. The molecule has 1 rings (SSSR count). The van der Waals surface area contributed by atoms with E-state index >= 15 is 0 Å². The van der Waals surface area contributed by atoms with E-state index in [4.69, 9.17) is 5.11 Å². The molecule has 2 N–H and O–H groups in total. The zero-order valence-corrected chi connectivity index (χ0v) is 10.4. The number of anilines is 1. The summed E-state index contributed by atoms with van der Waals surface area (Å²) in [5.74, 6) is -0.108. The lowest BCUT2D eigenvalue weighted by molar-refractivity contribution is 0.101. The van der Waals surface area contributed by atoms with E-state index < -0.39 is 0 Å². The van der Waals surface area contributed by atoms with Crippen LogP contribution < -0.4 is 5.32 Å². The highest BCUT2D eigenvalue weighted by Crippen LogP contribution is 2.33. The van der Waals surface area contributed by atoms with E-state index in [1.54, 1.807) is 6.92 Å². The van der Waals surface area contributed by atoms with E-state index in [1.807, 2.05) is 0 Å². The fourth-order valence-electron chi connectivity index (χ4n) is 1.57. The van der Waals surface area contributed by atoms with Crippen molar-refractivity contribution in [2.45, 2.75) is 20.8 Å². The Kier molecular flexibility index (Phi) is 4.20. The number of thiophene rings is 1. The Morgan fingerprint density at radius 1 is 1.31 bits per heavy atom. The summed E-state index contributed by atoms with van der Waals surface area (Å²) in [5, 5.41) is 12.4. The summed E-state index contributed by atoms with van der Waals surface area (Å²) in [5.41, 5.74) is 1.29. The van der Waals surface area contributed by atoms with E-state index in [-0.39, 0.29) is 18.2 Å². The van der Waals surface area contributed by atoms with Gasteiger partial charge in [0.15, 0.2) is 11.6 Å². The van der Waals surface area contributed by atoms with Crippen LogP contribution in [-0.4, -0.2) is 29.8 Å². The summed E-state index contributed by atoms with van der Waals surface area (Å²) in [6.07, 6.45) is 0. The van der Waals surface area contributed by atoms with Crippen LogP contribution in [0, 0.1) is 6.92 Å². The van der Waals surface area contributed by atoms with Crippen LogP contribution >= 0.6 is 11.3 Å². The van der Waals surface area contributed by atoms with Crippen LogP contribution in [0.5, 0.6) is 0 Å². The first-order chi connectivity index (χ1) is 7.49. The number of nitrogens with one attached hydrogen (secondary N) is 1. The van der Waals surface area contributed by atoms with Gasteiger partial charge in [-0.15, -0.1) is 11.3 Å². The van der Waals surface area contributed by atoms with E-state index in [2.05, 4.69) is 5.32 Å². The zero-order valence-electron chi connectivity index (χ0n) is 9.59. The van der Waals surface area contributed by atoms with Crippen molar-refractivity contribution in [3.8, 4) is 0 Å². The van der Waals surface area contributed by atoms with Crippen LogP contribution in [0.1, 0.15) is 39.4 Å². The molecular formula is C11H15NO3S. The predicted octanol–water partition coefficient (Wildman–Crippen LogP) is 1.87. The van der Waals surface area contributed by atoms with Gasteiger partial charge in [-0.05, 0) is 26.3 Å². The fraction of sp³-hybridized carbons (Fsp3) is 0.455. The SMILES string of the molecule is CC(=O)c1sc(NCCO)c(C(C)=O)c1C. The Hall–Kier alpha value is -1.20. The van der Waals surface area contributed by atoms with Crippen molar-refractivity contribution in [1.82, 2.24) is 0 Å². The van der Waals surface area contributed by atoms with Gasteiger partial charge in [-0.1, -0.05) is 0 Å². The molecule has 1 heterocycles. The minimum absolute atomic E-state index is 0.0102. The average Bonchev–Trinajstić information content (AvgIpc) is 2.52. The van der Waals surface area contributed by atoms with E-state index in [1.165, 1.54) is 25.2 Å². The lowest BCUT2D eigenvalue weighted by Gasteiger charge is -2.03. The molecule has 0 aromatic carbocycles. The minimum atomic E-state index is -0.0679. The molecule has 0 bridgehead atoms. The number of aliphatic hydroxyl groups is 1. The van der Waals surface area contributed by atoms with Crippen molar-refractivity contribution >= 4 is 27.9 Å². The highest BCUT2D eigenvalue weighted by Gasteiger charge is 2.20. The maximum atomic E-state index is 11.5. The molecule has 88 valence electrons. The highest BCUT2D eigenvalue weighted by atomic mass is 32.1. The molecule has 16 heavy (non-hydrogen) atoms. The third-order valence-electron chi connectivity index (χ3n) is 2.22. The lowest BCUT2D eigenvalue weighted by atomic mass is 10.1. The van der Waals surface area contributed by atoms with Gasteiger partial charge in [0, 0.05) is 6.54 Å². The largest absolute Gasteiger partial charge is 0.395 e. The van der Waals surface area contributed by atoms with E-state index in [9.17, 15) is 9.59 Å². The van der Waals surface area contributed by atoms with Gasteiger partial charge in [-0.3, -0.25) is 9.59 Å². The molecule has 0 saturated carbocycles. The van der Waals surface area contributed by atoms with Crippen LogP contribution in [-0.2, 0) is 0 Å². The van der Waals surface area contributed by atoms with E-state index in [0.29, 0.717) is 22.0 Å². The minimum Gasteiger partial charge on any atom is -0.395 e. The molecule has 0 amide bonds.